The van der Waals surface area contributed by atoms with Gasteiger partial charge in [-0.15, -0.1) is 0 Å². The molecule has 1 heterocycles. The number of hydrogen-bond donors (Lipinski definition) is 1. The molecular formula is C17H15Cl2N3O2S. The number of aromatic nitrogens is 2. The fourth-order valence-corrected chi connectivity index (χ4v) is 3.98. The summed E-state index contributed by atoms with van der Waals surface area (Å²) in [4.78, 5) is 4.08. The van der Waals surface area contributed by atoms with Gasteiger partial charge in [-0.1, -0.05) is 35.3 Å². The minimum absolute atomic E-state index is 0.0729. The van der Waals surface area contributed by atoms with Crippen molar-refractivity contribution < 1.29 is 8.42 Å². The molecule has 0 unspecified atom stereocenters. The van der Waals surface area contributed by atoms with Gasteiger partial charge in [-0.05, 0) is 42.8 Å². The van der Waals surface area contributed by atoms with Gasteiger partial charge >= 0.3 is 0 Å². The maximum Gasteiger partial charge on any atom is 0.241 e. The quantitative estimate of drug-likeness (QED) is 0.703. The van der Waals surface area contributed by atoms with Crippen molar-refractivity contribution in [2.45, 2.75) is 17.9 Å². The van der Waals surface area contributed by atoms with Crippen LogP contribution in [0, 0.1) is 0 Å². The topological polar surface area (TPSA) is 64.0 Å². The number of sulfonamides is 1. The largest absolute Gasteiger partial charge is 0.306 e. The van der Waals surface area contributed by atoms with Gasteiger partial charge in [0.2, 0.25) is 10.0 Å². The van der Waals surface area contributed by atoms with Crippen LogP contribution in [0.5, 0.6) is 0 Å². The van der Waals surface area contributed by atoms with Crippen LogP contribution in [0.25, 0.3) is 5.69 Å². The van der Waals surface area contributed by atoms with Gasteiger partial charge in [-0.3, -0.25) is 0 Å². The molecule has 1 atom stereocenters. The van der Waals surface area contributed by atoms with E-state index in [-0.39, 0.29) is 9.92 Å². The van der Waals surface area contributed by atoms with Crippen LogP contribution in [0.2, 0.25) is 10.0 Å². The highest BCUT2D eigenvalue weighted by molar-refractivity contribution is 7.89. The van der Waals surface area contributed by atoms with Crippen LogP contribution < -0.4 is 4.72 Å². The Labute approximate surface area is 156 Å². The molecule has 0 saturated carbocycles. The highest BCUT2D eigenvalue weighted by Gasteiger charge is 2.19. The van der Waals surface area contributed by atoms with Crippen LogP contribution in [0.4, 0.5) is 0 Å². The Morgan fingerprint density at radius 1 is 1.08 bits per heavy atom. The fraction of sp³-hybridized carbons (Fsp3) is 0.118. The molecule has 0 fully saturated rings. The molecule has 1 aromatic heterocycles. The number of benzene rings is 2. The maximum absolute atomic E-state index is 12.5. The van der Waals surface area contributed by atoms with E-state index >= 15 is 0 Å². The minimum atomic E-state index is -3.71. The van der Waals surface area contributed by atoms with Crippen LogP contribution in [0.15, 0.2) is 66.1 Å². The summed E-state index contributed by atoms with van der Waals surface area (Å²) in [6, 6.07) is 11.4. The molecule has 3 aromatic rings. The highest BCUT2D eigenvalue weighted by Crippen LogP contribution is 2.26. The second-order valence-corrected chi connectivity index (χ2v) is 8.01. The van der Waals surface area contributed by atoms with Crippen molar-refractivity contribution in [2.75, 3.05) is 0 Å². The van der Waals surface area contributed by atoms with E-state index in [0.717, 1.165) is 11.3 Å². The van der Waals surface area contributed by atoms with E-state index in [9.17, 15) is 8.42 Å². The highest BCUT2D eigenvalue weighted by atomic mass is 35.5. The van der Waals surface area contributed by atoms with Gasteiger partial charge in [-0.2, -0.15) is 0 Å². The summed E-state index contributed by atoms with van der Waals surface area (Å²) in [7, 11) is -3.71. The molecular weight excluding hydrogens is 381 g/mol. The predicted molar refractivity (Wildman–Crippen MR) is 98.8 cm³/mol. The average Bonchev–Trinajstić information content (AvgIpc) is 3.11. The van der Waals surface area contributed by atoms with Crippen LogP contribution in [-0.4, -0.2) is 18.0 Å². The molecule has 1 N–H and O–H groups in total. The summed E-state index contributed by atoms with van der Waals surface area (Å²) >= 11 is 11.7. The van der Waals surface area contributed by atoms with Crippen molar-refractivity contribution in [1.82, 2.24) is 14.3 Å². The Morgan fingerprint density at radius 2 is 1.80 bits per heavy atom. The Kier molecular flexibility index (Phi) is 5.15. The van der Waals surface area contributed by atoms with Gasteiger partial charge in [0, 0.05) is 24.1 Å². The molecule has 5 nitrogen and oxygen atoms in total. The van der Waals surface area contributed by atoms with E-state index in [1.54, 1.807) is 19.4 Å². The maximum atomic E-state index is 12.5. The lowest BCUT2D eigenvalue weighted by atomic mass is 10.1. The third kappa shape index (κ3) is 4.04. The summed E-state index contributed by atoms with van der Waals surface area (Å²) in [6.45, 7) is 1.78. The van der Waals surface area contributed by atoms with Crippen LogP contribution in [-0.2, 0) is 10.0 Å². The molecule has 0 aliphatic heterocycles. The fourth-order valence-electron chi connectivity index (χ4n) is 2.36. The van der Waals surface area contributed by atoms with E-state index in [4.69, 9.17) is 23.2 Å². The molecule has 3 rings (SSSR count). The van der Waals surface area contributed by atoms with Gasteiger partial charge in [0.15, 0.2) is 0 Å². The lowest BCUT2D eigenvalue weighted by molar-refractivity contribution is 0.567. The lowest BCUT2D eigenvalue weighted by Crippen LogP contribution is -2.26. The van der Waals surface area contributed by atoms with Crippen LogP contribution in [0.1, 0.15) is 18.5 Å². The molecule has 0 bridgehead atoms. The molecule has 8 heteroatoms. The van der Waals surface area contributed by atoms with E-state index in [2.05, 4.69) is 9.71 Å². The number of hydrogen-bond acceptors (Lipinski definition) is 3. The Balaban J connectivity index is 1.78. The average molecular weight is 396 g/mol. The number of rotatable bonds is 5. The van der Waals surface area contributed by atoms with E-state index < -0.39 is 16.1 Å². The van der Waals surface area contributed by atoms with E-state index in [1.165, 1.54) is 18.2 Å². The van der Waals surface area contributed by atoms with Crippen molar-refractivity contribution in [1.29, 1.82) is 0 Å². The van der Waals surface area contributed by atoms with Crippen LogP contribution in [0.3, 0.4) is 0 Å². The summed E-state index contributed by atoms with van der Waals surface area (Å²) in [5.74, 6) is 0. The van der Waals surface area contributed by atoms with Crippen LogP contribution >= 0.6 is 23.2 Å². The standard InChI is InChI=1S/C17H15Cl2N3O2S/c1-12(13-2-4-14(5-3-13)22-9-8-20-11-22)21-25(23,24)15-6-7-16(18)17(19)10-15/h2-12,21H,1H3/t12-/m1/s1. The van der Waals surface area contributed by atoms with E-state index in [1.807, 2.05) is 35.0 Å². The zero-order chi connectivity index (χ0) is 18.0. The minimum Gasteiger partial charge on any atom is -0.306 e. The summed E-state index contributed by atoms with van der Waals surface area (Å²) < 4.78 is 29.5. The molecule has 25 heavy (non-hydrogen) atoms. The second-order valence-electron chi connectivity index (χ2n) is 5.48. The van der Waals surface area contributed by atoms with Gasteiger partial charge in [-0.25, -0.2) is 18.1 Å². The van der Waals surface area contributed by atoms with Gasteiger partial charge in [0.05, 0.1) is 21.3 Å². The molecule has 0 saturated heterocycles. The first-order valence-electron chi connectivity index (χ1n) is 7.42. The van der Waals surface area contributed by atoms with Gasteiger partial charge in [0.1, 0.15) is 0 Å². The summed E-state index contributed by atoms with van der Waals surface area (Å²) in [5, 5.41) is 0.505. The smallest absolute Gasteiger partial charge is 0.241 e. The number of halogens is 2. The first-order chi connectivity index (χ1) is 11.9. The van der Waals surface area contributed by atoms with E-state index in [0.29, 0.717) is 5.02 Å². The first-order valence-corrected chi connectivity index (χ1v) is 9.66. The van der Waals surface area contributed by atoms with Gasteiger partial charge in [0.25, 0.3) is 0 Å². The van der Waals surface area contributed by atoms with Crippen molar-refractivity contribution in [3.05, 3.63) is 76.8 Å². The van der Waals surface area contributed by atoms with Crippen molar-refractivity contribution >= 4 is 33.2 Å². The number of nitrogens with one attached hydrogen (secondary N) is 1. The molecule has 0 aliphatic rings. The number of nitrogens with zero attached hydrogens (tertiary/aromatic N) is 2. The number of imidazole rings is 1. The van der Waals surface area contributed by atoms with Crippen molar-refractivity contribution in [3.63, 3.8) is 0 Å². The second kappa shape index (κ2) is 7.17. The van der Waals surface area contributed by atoms with Crippen molar-refractivity contribution in [2.24, 2.45) is 0 Å². The first kappa shape index (κ1) is 17.9. The molecule has 0 spiro atoms. The third-order valence-electron chi connectivity index (χ3n) is 3.73. The van der Waals surface area contributed by atoms with Crippen molar-refractivity contribution in [3.8, 4) is 5.69 Å². The monoisotopic (exact) mass is 395 g/mol. The third-order valence-corrected chi connectivity index (χ3v) is 6.01. The summed E-state index contributed by atoms with van der Waals surface area (Å²) in [5.41, 5.74) is 1.79. The normalized spacial score (nSPS) is 12.9. The zero-order valence-corrected chi connectivity index (χ0v) is 15.6. The predicted octanol–water partition coefficient (Wildman–Crippen LogP) is 4.22. The van der Waals surface area contributed by atoms with Gasteiger partial charge < -0.3 is 4.57 Å². The molecule has 2 aromatic carbocycles. The Morgan fingerprint density at radius 3 is 2.40 bits per heavy atom. The SMILES string of the molecule is C[C@@H](NS(=O)(=O)c1ccc(Cl)c(Cl)c1)c1ccc(-n2ccnc2)cc1. The zero-order valence-electron chi connectivity index (χ0n) is 13.2. The lowest BCUT2D eigenvalue weighted by Gasteiger charge is -2.15. The molecule has 0 aliphatic carbocycles. The molecule has 130 valence electrons. The molecule has 0 radical (unpaired) electrons. The Hall–Kier alpha value is -1.86. The summed E-state index contributed by atoms with van der Waals surface area (Å²) in [6.07, 6.45) is 5.23. The Bertz CT molecular complexity index is 972. The molecule has 0 amide bonds.